The average Bonchev–Trinajstić information content (AvgIpc) is 2.29. The highest BCUT2D eigenvalue weighted by molar-refractivity contribution is 5.35. The number of rotatable bonds is 2. The Bertz CT molecular complexity index is 362. The third kappa shape index (κ3) is 2.19. The molecule has 1 fully saturated rings. The first kappa shape index (κ1) is 11.4. The molecule has 16 heavy (non-hydrogen) atoms. The summed E-state index contributed by atoms with van der Waals surface area (Å²) >= 11 is 0. The van der Waals surface area contributed by atoms with Gasteiger partial charge in [-0.2, -0.15) is 0 Å². The minimum Gasteiger partial charge on any atom is -0.384 e. The summed E-state index contributed by atoms with van der Waals surface area (Å²) in [5.74, 6) is 0.625. The molecule has 0 bridgehead atoms. The minimum absolute atomic E-state index is 0.548. The first-order valence-corrected chi connectivity index (χ1v) is 6.19. The normalized spacial score (nSPS) is 22.2. The summed E-state index contributed by atoms with van der Waals surface area (Å²) in [5.41, 5.74) is 8.14. The Morgan fingerprint density at radius 1 is 1.44 bits per heavy atom. The van der Waals surface area contributed by atoms with E-state index >= 15 is 0 Å². The molecule has 3 nitrogen and oxygen atoms in total. The van der Waals surface area contributed by atoms with E-state index in [0.717, 1.165) is 12.2 Å². The molecule has 0 saturated carbocycles. The number of piperidine rings is 1. The number of nitrogens with two attached hydrogens (primary N) is 1. The van der Waals surface area contributed by atoms with Gasteiger partial charge in [0.2, 0.25) is 0 Å². The van der Waals surface area contributed by atoms with Crippen molar-refractivity contribution in [3.8, 4) is 0 Å². The highest BCUT2D eigenvalue weighted by Gasteiger charge is 2.24. The molecule has 0 aliphatic carbocycles. The molecule has 0 spiro atoms. The number of likely N-dealkylation sites (tertiary alicyclic amines) is 1. The van der Waals surface area contributed by atoms with Crippen molar-refractivity contribution in [2.75, 3.05) is 18.8 Å². The zero-order valence-electron chi connectivity index (χ0n) is 10.2. The van der Waals surface area contributed by atoms with Crippen LogP contribution in [0, 0.1) is 6.92 Å². The number of anilines is 1. The largest absolute Gasteiger partial charge is 0.384 e. The number of aromatic nitrogens is 1. The molecule has 1 aliphatic heterocycles. The van der Waals surface area contributed by atoms with E-state index in [2.05, 4.69) is 29.8 Å². The smallest absolute Gasteiger partial charge is 0.123 e. The third-order valence-corrected chi connectivity index (χ3v) is 3.53. The van der Waals surface area contributed by atoms with Crippen molar-refractivity contribution in [1.82, 2.24) is 9.88 Å². The number of aryl methyl sites for hydroxylation is 1. The van der Waals surface area contributed by atoms with Gasteiger partial charge in [0.05, 0.1) is 0 Å². The van der Waals surface area contributed by atoms with Crippen molar-refractivity contribution in [3.05, 3.63) is 23.4 Å². The maximum absolute atomic E-state index is 5.70. The Kier molecular flexibility index (Phi) is 3.44. The van der Waals surface area contributed by atoms with Gasteiger partial charge in [-0.25, -0.2) is 4.98 Å². The standard InChI is InChI=1S/C13H21N3/c1-3-16-9-5-4-6-12(16)11-7-8-13(14)15-10(11)2/h7-8,12H,3-6,9H2,1-2H3,(H2,14,15)/t12-/m1/s1. The van der Waals surface area contributed by atoms with Crippen molar-refractivity contribution in [3.63, 3.8) is 0 Å². The summed E-state index contributed by atoms with van der Waals surface area (Å²) in [7, 11) is 0. The van der Waals surface area contributed by atoms with Crippen LogP contribution in [0.5, 0.6) is 0 Å². The van der Waals surface area contributed by atoms with Crippen molar-refractivity contribution >= 4 is 5.82 Å². The zero-order chi connectivity index (χ0) is 11.5. The van der Waals surface area contributed by atoms with Gasteiger partial charge in [0.15, 0.2) is 0 Å². The summed E-state index contributed by atoms with van der Waals surface area (Å²) in [4.78, 5) is 6.91. The zero-order valence-corrected chi connectivity index (χ0v) is 10.2. The Balaban J connectivity index is 2.27. The molecule has 2 heterocycles. The van der Waals surface area contributed by atoms with Gasteiger partial charge in [-0.15, -0.1) is 0 Å². The fourth-order valence-electron chi connectivity index (χ4n) is 2.67. The molecular formula is C13H21N3. The molecular weight excluding hydrogens is 198 g/mol. The van der Waals surface area contributed by atoms with E-state index in [-0.39, 0.29) is 0 Å². The lowest BCUT2D eigenvalue weighted by Crippen LogP contribution is -2.33. The number of hydrogen-bond donors (Lipinski definition) is 1. The van der Waals surface area contributed by atoms with Crippen LogP contribution in [0.3, 0.4) is 0 Å². The predicted molar refractivity (Wildman–Crippen MR) is 67.2 cm³/mol. The second kappa shape index (κ2) is 4.83. The lowest BCUT2D eigenvalue weighted by molar-refractivity contribution is 0.156. The van der Waals surface area contributed by atoms with Gasteiger partial charge in [0, 0.05) is 11.7 Å². The maximum Gasteiger partial charge on any atom is 0.123 e. The van der Waals surface area contributed by atoms with Crippen molar-refractivity contribution < 1.29 is 0 Å². The van der Waals surface area contributed by atoms with Crippen LogP contribution in [-0.4, -0.2) is 23.0 Å². The Morgan fingerprint density at radius 2 is 2.25 bits per heavy atom. The molecule has 0 amide bonds. The summed E-state index contributed by atoms with van der Waals surface area (Å²) in [5, 5.41) is 0. The van der Waals surface area contributed by atoms with Gasteiger partial charge in [-0.1, -0.05) is 19.4 Å². The molecule has 1 aliphatic rings. The number of pyridine rings is 1. The van der Waals surface area contributed by atoms with Crippen molar-refractivity contribution in [2.24, 2.45) is 0 Å². The van der Waals surface area contributed by atoms with Crippen LogP contribution in [0.2, 0.25) is 0 Å². The topological polar surface area (TPSA) is 42.1 Å². The van der Waals surface area contributed by atoms with Crippen molar-refractivity contribution in [2.45, 2.75) is 39.2 Å². The van der Waals surface area contributed by atoms with Crippen LogP contribution < -0.4 is 5.73 Å². The van der Waals surface area contributed by atoms with E-state index in [0.29, 0.717) is 11.9 Å². The number of nitrogen functional groups attached to an aromatic ring is 1. The lowest BCUT2D eigenvalue weighted by atomic mass is 9.94. The van der Waals surface area contributed by atoms with Crippen molar-refractivity contribution in [1.29, 1.82) is 0 Å². The van der Waals surface area contributed by atoms with Crippen LogP contribution in [0.4, 0.5) is 5.82 Å². The highest BCUT2D eigenvalue weighted by atomic mass is 15.2. The summed E-state index contributed by atoms with van der Waals surface area (Å²) < 4.78 is 0. The summed E-state index contributed by atoms with van der Waals surface area (Å²) in [6, 6.07) is 4.62. The highest BCUT2D eigenvalue weighted by Crippen LogP contribution is 2.31. The Labute approximate surface area is 97.7 Å². The van der Waals surface area contributed by atoms with Crippen LogP contribution in [0.15, 0.2) is 12.1 Å². The van der Waals surface area contributed by atoms with E-state index < -0.39 is 0 Å². The molecule has 0 radical (unpaired) electrons. The average molecular weight is 219 g/mol. The van der Waals surface area contributed by atoms with Gasteiger partial charge in [0.25, 0.3) is 0 Å². The van der Waals surface area contributed by atoms with Gasteiger partial charge in [0.1, 0.15) is 5.82 Å². The first-order valence-electron chi connectivity index (χ1n) is 6.19. The third-order valence-electron chi connectivity index (χ3n) is 3.53. The molecule has 1 aromatic rings. The molecule has 1 atom stereocenters. The van der Waals surface area contributed by atoms with Crippen LogP contribution in [0.1, 0.15) is 43.5 Å². The molecule has 1 saturated heterocycles. The SMILES string of the molecule is CCN1CCCC[C@@H]1c1ccc(N)nc1C. The van der Waals surface area contributed by atoms with E-state index in [9.17, 15) is 0 Å². The fraction of sp³-hybridized carbons (Fsp3) is 0.615. The van der Waals surface area contributed by atoms with Gasteiger partial charge in [-0.3, -0.25) is 4.90 Å². The quantitative estimate of drug-likeness (QED) is 0.831. The first-order chi connectivity index (χ1) is 7.72. The van der Waals surface area contributed by atoms with E-state index in [1.54, 1.807) is 0 Å². The summed E-state index contributed by atoms with van der Waals surface area (Å²) in [6.07, 6.45) is 3.90. The molecule has 2 rings (SSSR count). The monoisotopic (exact) mass is 219 g/mol. The summed E-state index contributed by atoms with van der Waals surface area (Å²) in [6.45, 7) is 6.63. The van der Waals surface area contributed by atoms with E-state index in [1.807, 2.05) is 6.07 Å². The molecule has 0 aromatic carbocycles. The Hall–Kier alpha value is -1.09. The number of nitrogens with zero attached hydrogens (tertiary/aromatic N) is 2. The molecule has 3 heteroatoms. The fourth-order valence-corrected chi connectivity index (χ4v) is 2.67. The van der Waals surface area contributed by atoms with Crippen LogP contribution >= 0.6 is 0 Å². The van der Waals surface area contributed by atoms with Gasteiger partial charge < -0.3 is 5.73 Å². The second-order valence-electron chi connectivity index (χ2n) is 4.55. The molecule has 88 valence electrons. The second-order valence-corrected chi connectivity index (χ2v) is 4.55. The van der Waals surface area contributed by atoms with E-state index in [4.69, 9.17) is 5.73 Å². The van der Waals surface area contributed by atoms with Crippen LogP contribution in [-0.2, 0) is 0 Å². The molecule has 0 unspecified atom stereocenters. The van der Waals surface area contributed by atoms with Crippen LogP contribution in [0.25, 0.3) is 0 Å². The van der Waals surface area contributed by atoms with Gasteiger partial charge >= 0.3 is 0 Å². The lowest BCUT2D eigenvalue weighted by Gasteiger charge is -2.35. The minimum atomic E-state index is 0.548. The number of hydrogen-bond acceptors (Lipinski definition) is 3. The predicted octanol–water partition coefficient (Wildman–Crippen LogP) is 2.52. The molecule has 2 N–H and O–H groups in total. The van der Waals surface area contributed by atoms with Gasteiger partial charge in [-0.05, 0) is 44.5 Å². The Morgan fingerprint density at radius 3 is 2.94 bits per heavy atom. The maximum atomic E-state index is 5.70. The molecule has 1 aromatic heterocycles. The van der Waals surface area contributed by atoms with E-state index in [1.165, 1.54) is 31.4 Å².